The number of fused-ring (bicyclic) bond motifs is 1. The summed E-state index contributed by atoms with van der Waals surface area (Å²) in [5, 5.41) is 9.27. The summed E-state index contributed by atoms with van der Waals surface area (Å²) in [5.74, 6) is 1.02. The van der Waals surface area contributed by atoms with Crippen LogP contribution in [-0.4, -0.2) is 38.6 Å². The molecule has 5 heteroatoms. The van der Waals surface area contributed by atoms with E-state index >= 15 is 0 Å². The van der Waals surface area contributed by atoms with Crippen molar-refractivity contribution in [1.82, 2.24) is 19.5 Å². The Balaban J connectivity index is 1.86. The fourth-order valence-electron chi connectivity index (χ4n) is 2.97. The molecule has 3 rings (SSSR count). The van der Waals surface area contributed by atoms with Crippen molar-refractivity contribution >= 4 is 17.2 Å². The number of nitrogens with zero attached hydrogens (tertiary/aromatic N) is 4. The van der Waals surface area contributed by atoms with Crippen LogP contribution in [0.2, 0.25) is 5.02 Å². The van der Waals surface area contributed by atoms with Gasteiger partial charge in [-0.3, -0.25) is 4.40 Å². The van der Waals surface area contributed by atoms with E-state index in [2.05, 4.69) is 22.0 Å². The molecule has 0 radical (unpaired) electrons. The van der Waals surface area contributed by atoms with Gasteiger partial charge in [-0.2, -0.15) is 0 Å². The first-order valence-corrected chi connectivity index (χ1v) is 7.39. The highest BCUT2D eigenvalue weighted by molar-refractivity contribution is 6.30. The molecule has 0 saturated carbocycles. The Bertz CT molecular complexity index is 566. The summed E-state index contributed by atoms with van der Waals surface area (Å²) in [7, 11) is 0. The summed E-state index contributed by atoms with van der Waals surface area (Å²) in [6.45, 7) is 4.55. The van der Waals surface area contributed by atoms with Crippen molar-refractivity contribution in [2.24, 2.45) is 0 Å². The van der Waals surface area contributed by atoms with Crippen LogP contribution in [0.25, 0.3) is 5.65 Å². The number of rotatable bonds is 3. The normalized spacial score (nSPS) is 21.1. The molecule has 2 aromatic rings. The second-order valence-electron chi connectivity index (χ2n) is 5.17. The van der Waals surface area contributed by atoms with Gasteiger partial charge in [0.1, 0.15) is 5.82 Å². The van der Waals surface area contributed by atoms with E-state index in [0.29, 0.717) is 6.04 Å². The lowest BCUT2D eigenvalue weighted by molar-refractivity contribution is 0.153. The summed E-state index contributed by atoms with van der Waals surface area (Å²) < 4.78 is 2.02. The van der Waals surface area contributed by atoms with Crippen LogP contribution in [0.5, 0.6) is 0 Å². The van der Waals surface area contributed by atoms with Crippen molar-refractivity contribution < 1.29 is 0 Å². The number of aromatic nitrogens is 3. The minimum atomic E-state index is 0.588. The lowest BCUT2D eigenvalue weighted by Crippen LogP contribution is -2.40. The fraction of sp³-hybridized carbons (Fsp3) is 0.571. The molecule has 3 heterocycles. The van der Waals surface area contributed by atoms with Crippen LogP contribution in [-0.2, 0) is 6.42 Å². The van der Waals surface area contributed by atoms with Crippen LogP contribution in [0, 0.1) is 0 Å². The van der Waals surface area contributed by atoms with Crippen LogP contribution in [0.3, 0.4) is 0 Å². The van der Waals surface area contributed by atoms with Crippen LogP contribution in [0.1, 0.15) is 32.0 Å². The fourth-order valence-corrected chi connectivity index (χ4v) is 3.13. The number of likely N-dealkylation sites (tertiary alicyclic amines) is 1. The number of hydrogen-bond acceptors (Lipinski definition) is 3. The molecule has 19 heavy (non-hydrogen) atoms. The maximum atomic E-state index is 6.06. The van der Waals surface area contributed by atoms with Crippen molar-refractivity contribution in [3.63, 3.8) is 0 Å². The largest absolute Gasteiger partial charge is 0.300 e. The van der Waals surface area contributed by atoms with E-state index in [-0.39, 0.29) is 0 Å². The minimum Gasteiger partial charge on any atom is -0.300 e. The molecule has 1 atom stereocenters. The molecule has 0 N–H and O–H groups in total. The molecule has 102 valence electrons. The third kappa shape index (κ3) is 2.60. The Morgan fingerprint density at radius 3 is 3.05 bits per heavy atom. The smallest absolute Gasteiger partial charge is 0.160 e. The number of likely N-dealkylation sites (N-methyl/N-ethyl adjacent to an activating group) is 1. The first-order valence-electron chi connectivity index (χ1n) is 7.01. The topological polar surface area (TPSA) is 33.4 Å². The Kier molecular flexibility index (Phi) is 3.71. The molecule has 1 aliphatic rings. The maximum absolute atomic E-state index is 6.06. The van der Waals surface area contributed by atoms with Gasteiger partial charge in [-0.15, -0.1) is 10.2 Å². The SMILES string of the molecule is CCN1CCCCC1Cc1nnc2ccc(Cl)cn12. The molecular formula is C14H19ClN4. The van der Waals surface area contributed by atoms with Crippen LogP contribution >= 0.6 is 11.6 Å². The Hall–Kier alpha value is -1.13. The zero-order chi connectivity index (χ0) is 13.2. The van der Waals surface area contributed by atoms with Gasteiger partial charge in [-0.1, -0.05) is 24.9 Å². The van der Waals surface area contributed by atoms with Crippen LogP contribution in [0.15, 0.2) is 18.3 Å². The Labute approximate surface area is 118 Å². The van der Waals surface area contributed by atoms with Gasteiger partial charge in [0.2, 0.25) is 0 Å². The Morgan fingerprint density at radius 2 is 2.21 bits per heavy atom. The van der Waals surface area contributed by atoms with Crippen LogP contribution in [0.4, 0.5) is 0 Å². The summed E-state index contributed by atoms with van der Waals surface area (Å²) in [6, 6.07) is 4.36. The number of hydrogen-bond donors (Lipinski definition) is 0. The van der Waals surface area contributed by atoms with Crippen molar-refractivity contribution in [3.8, 4) is 0 Å². The van der Waals surface area contributed by atoms with E-state index in [9.17, 15) is 0 Å². The monoisotopic (exact) mass is 278 g/mol. The zero-order valence-corrected chi connectivity index (χ0v) is 12.0. The van der Waals surface area contributed by atoms with Gasteiger partial charge in [-0.05, 0) is 38.1 Å². The zero-order valence-electron chi connectivity index (χ0n) is 11.2. The van der Waals surface area contributed by atoms with Gasteiger partial charge < -0.3 is 4.90 Å². The highest BCUT2D eigenvalue weighted by Gasteiger charge is 2.23. The van der Waals surface area contributed by atoms with E-state index in [1.54, 1.807) is 0 Å². The first kappa shape index (κ1) is 12.9. The molecule has 4 nitrogen and oxygen atoms in total. The molecule has 0 aromatic carbocycles. The average molecular weight is 279 g/mol. The quantitative estimate of drug-likeness (QED) is 0.866. The van der Waals surface area contributed by atoms with E-state index < -0.39 is 0 Å². The number of halogens is 1. The summed E-state index contributed by atoms with van der Waals surface area (Å²) in [5.41, 5.74) is 0.873. The lowest BCUT2D eigenvalue weighted by atomic mass is 9.99. The van der Waals surface area contributed by atoms with Crippen molar-refractivity contribution in [2.45, 2.75) is 38.6 Å². The molecular weight excluding hydrogens is 260 g/mol. The number of pyridine rings is 1. The maximum Gasteiger partial charge on any atom is 0.160 e. The van der Waals surface area contributed by atoms with Crippen molar-refractivity contribution in [1.29, 1.82) is 0 Å². The highest BCUT2D eigenvalue weighted by Crippen LogP contribution is 2.20. The second kappa shape index (κ2) is 5.47. The number of piperidine rings is 1. The molecule has 0 aliphatic carbocycles. The molecule has 0 spiro atoms. The third-order valence-corrected chi connectivity index (χ3v) is 4.23. The van der Waals surface area contributed by atoms with Gasteiger partial charge >= 0.3 is 0 Å². The van der Waals surface area contributed by atoms with E-state index in [1.807, 2.05) is 22.7 Å². The standard InChI is InChI=1S/C14H19ClN4/c1-2-18-8-4-3-5-12(18)9-14-17-16-13-7-6-11(15)10-19(13)14/h6-7,10,12H,2-5,8-9H2,1H3. The molecule has 0 bridgehead atoms. The molecule has 1 fully saturated rings. The molecule has 0 amide bonds. The molecule has 2 aromatic heterocycles. The van der Waals surface area contributed by atoms with Gasteiger partial charge in [0.15, 0.2) is 5.65 Å². The van der Waals surface area contributed by atoms with E-state index in [4.69, 9.17) is 11.6 Å². The van der Waals surface area contributed by atoms with E-state index in [1.165, 1.54) is 25.8 Å². The summed E-state index contributed by atoms with van der Waals surface area (Å²) >= 11 is 6.06. The molecule has 1 saturated heterocycles. The first-order chi connectivity index (χ1) is 9.28. The van der Waals surface area contributed by atoms with Gasteiger partial charge in [0.25, 0.3) is 0 Å². The third-order valence-electron chi connectivity index (χ3n) is 4.01. The predicted molar refractivity (Wildman–Crippen MR) is 76.6 cm³/mol. The predicted octanol–water partition coefficient (Wildman–Crippen LogP) is 2.80. The van der Waals surface area contributed by atoms with Gasteiger partial charge in [0, 0.05) is 18.7 Å². The molecule has 1 unspecified atom stereocenters. The minimum absolute atomic E-state index is 0.588. The molecule has 1 aliphatic heterocycles. The van der Waals surface area contributed by atoms with Crippen molar-refractivity contribution in [3.05, 3.63) is 29.2 Å². The van der Waals surface area contributed by atoms with Gasteiger partial charge in [0.05, 0.1) is 5.02 Å². The summed E-state index contributed by atoms with van der Waals surface area (Å²) in [4.78, 5) is 2.55. The van der Waals surface area contributed by atoms with Crippen molar-refractivity contribution in [2.75, 3.05) is 13.1 Å². The second-order valence-corrected chi connectivity index (χ2v) is 5.61. The highest BCUT2D eigenvalue weighted by atomic mass is 35.5. The van der Waals surface area contributed by atoms with Crippen LogP contribution < -0.4 is 0 Å². The summed E-state index contributed by atoms with van der Waals surface area (Å²) in [6.07, 6.45) is 6.75. The Morgan fingerprint density at radius 1 is 1.32 bits per heavy atom. The average Bonchev–Trinajstić information content (AvgIpc) is 2.82. The van der Waals surface area contributed by atoms with E-state index in [0.717, 1.165) is 29.5 Å². The van der Waals surface area contributed by atoms with Gasteiger partial charge in [-0.25, -0.2) is 0 Å². The lowest BCUT2D eigenvalue weighted by Gasteiger charge is -2.34.